The van der Waals surface area contributed by atoms with Gasteiger partial charge in [0.1, 0.15) is 0 Å². The maximum absolute atomic E-state index is 4.56. The minimum atomic E-state index is 0.808. The third-order valence-electron chi connectivity index (χ3n) is 4.22. The van der Waals surface area contributed by atoms with Crippen molar-refractivity contribution in [2.45, 2.75) is 13.8 Å². The minimum Gasteiger partial charge on any atom is -0.369 e. The Morgan fingerprint density at radius 3 is 2.24 bits per heavy atom. The van der Waals surface area contributed by atoms with Crippen molar-refractivity contribution >= 4 is 5.69 Å². The minimum absolute atomic E-state index is 0.808. The summed E-state index contributed by atoms with van der Waals surface area (Å²) in [6, 6.07) is 8.61. The van der Waals surface area contributed by atoms with Crippen LogP contribution in [0.4, 0.5) is 5.69 Å². The summed E-state index contributed by atoms with van der Waals surface area (Å²) in [4.78, 5) is 13.8. The molecule has 110 valence electrons. The summed E-state index contributed by atoms with van der Waals surface area (Å²) < 4.78 is 0. The molecular formula is C17H22N4. The van der Waals surface area contributed by atoms with E-state index < -0.39 is 0 Å². The molecule has 1 fully saturated rings. The van der Waals surface area contributed by atoms with Gasteiger partial charge in [0, 0.05) is 49.3 Å². The largest absolute Gasteiger partial charge is 0.369 e. The molecule has 2 heterocycles. The number of hydrogen-bond acceptors (Lipinski definition) is 4. The van der Waals surface area contributed by atoms with Gasteiger partial charge in [-0.3, -0.25) is 0 Å². The van der Waals surface area contributed by atoms with E-state index >= 15 is 0 Å². The van der Waals surface area contributed by atoms with Gasteiger partial charge in [0.25, 0.3) is 0 Å². The highest BCUT2D eigenvalue weighted by Crippen LogP contribution is 2.22. The van der Waals surface area contributed by atoms with Crippen LogP contribution in [0, 0.1) is 13.8 Å². The predicted molar refractivity (Wildman–Crippen MR) is 86.7 cm³/mol. The zero-order valence-corrected chi connectivity index (χ0v) is 13.0. The first-order valence-corrected chi connectivity index (χ1v) is 7.47. The van der Waals surface area contributed by atoms with Crippen LogP contribution in [0.3, 0.4) is 0 Å². The topological polar surface area (TPSA) is 32.3 Å². The first-order valence-electron chi connectivity index (χ1n) is 7.47. The van der Waals surface area contributed by atoms with Gasteiger partial charge in [0.15, 0.2) is 5.82 Å². The second-order valence-electron chi connectivity index (χ2n) is 5.80. The van der Waals surface area contributed by atoms with Crippen molar-refractivity contribution in [3.8, 4) is 11.4 Å². The first kappa shape index (κ1) is 14.0. The summed E-state index contributed by atoms with van der Waals surface area (Å²) in [5.74, 6) is 0.808. The number of benzene rings is 1. The van der Waals surface area contributed by atoms with Gasteiger partial charge in [0.2, 0.25) is 0 Å². The van der Waals surface area contributed by atoms with E-state index in [1.54, 1.807) is 0 Å². The zero-order valence-electron chi connectivity index (χ0n) is 13.0. The standard InChI is InChI=1S/C17H22N4/c1-13-12-18-17(19-14(13)2)15-4-6-16(7-5-15)21-10-8-20(3)9-11-21/h4-7,12H,8-11H2,1-3H3. The lowest BCUT2D eigenvalue weighted by molar-refractivity contribution is 0.313. The molecule has 4 heteroatoms. The second kappa shape index (κ2) is 5.82. The van der Waals surface area contributed by atoms with Crippen LogP contribution in [0.15, 0.2) is 30.5 Å². The van der Waals surface area contributed by atoms with Crippen molar-refractivity contribution in [2.24, 2.45) is 0 Å². The van der Waals surface area contributed by atoms with Crippen LogP contribution in [0.25, 0.3) is 11.4 Å². The molecule has 0 bridgehead atoms. The number of hydrogen-bond donors (Lipinski definition) is 0. The SMILES string of the molecule is Cc1cnc(-c2ccc(N3CCN(C)CC3)cc2)nc1C. The van der Waals surface area contributed by atoms with E-state index in [0.717, 1.165) is 48.8 Å². The molecule has 0 spiro atoms. The number of aryl methyl sites for hydroxylation is 2. The van der Waals surface area contributed by atoms with Gasteiger partial charge in [-0.05, 0) is 50.7 Å². The van der Waals surface area contributed by atoms with Crippen molar-refractivity contribution in [3.05, 3.63) is 41.7 Å². The van der Waals surface area contributed by atoms with Gasteiger partial charge in [-0.1, -0.05) is 0 Å². The van der Waals surface area contributed by atoms with E-state index in [9.17, 15) is 0 Å². The molecule has 1 aromatic carbocycles. The van der Waals surface area contributed by atoms with Crippen molar-refractivity contribution in [3.63, 3.8) is 0 Å². The van der Waals surface area contributed by atoms with Gasteiger partial charge < -0.3 is 9.80 Å². The summed E-state index contributed by atoms with van der Waals surface area (Å²) in [6.45, 7) is 8.50. The average molecular weight is 282 g/mol. The maximum Gasteiger partial charge on any atom is 0.159 e. The predicted octanol–water partition coefficient (Wildman–Crippen LogP) is 2.51. The van der Waals surface area contributed by atoms with Crippen LogP contribution in [-0.4, -0.2) is 48.1 Å². The Morgan fingerprint density at radius 1 is 0.952 bits per heavy atom. The van der Waals surface area contributed by atoms with E-state index in [1.807, 2.05) is 20.0 Å². The average Bonchev–Trinajstić information content (AvgIpc) is 2.51. The zero-order chi connectivity index (χ0) is 14.8. The molecular weight excluding hydrogens is 260 g/mol. The monoisotopic (exact) mass is 282 g/mol. The molecule has 0 unspecified atom stereocenters. The number of likely N-dealkylation sites (N-methyl/N-ethyl adjacent to an activating group) is 1. The highest BCUT2D eigenvalue weighted by Gasteiger charge is 2.14. The number of anilines is 1. The smallest absolute Gasteiger partial charge is 0.159 e. The lowest BCUT2D eigenvalue weighted by Gasteiger charge is -2.34. The fourth-order valence-electron chi connectivity index (χ4n) is 2.55. The summed E-state index contributed by atoms with van der Waals surface area (Å²) in [5.41, 5.74) is 4.54. The molecule has 3 rings (SSSR count). The van der Waals surface area contributed by atoms with Crippen molar-refractivity contribution in [1.82, 2.24) is 14.9 Å². The second-order valence-corrected chi connectivity index (χ2v) is 5.80. The van der Waals surface area contributed by atoms with Crippen molar-refractivity contribution in [1.29, 1.82) is 0 Å². The maximum atomic E-state index is 4.56. The summed E-state index contributed by atoms with van der Waals surface area (Å²) in [7, 11) is 2.18. The highest BCUT2D eigenvalue weighted by molar-refractivity contribution is 5.60. The van der Waals surface area contributed by atoms with Gasteiger partial charge in [-0.15, -0.1) is 0 Å². The molecule has 0 N–H and O–H groups in total. The quantitative estimate of drug-likeness (QED) is 0.847. The molecule has 21 heavy (non-hydrogen) atoms. The van der Waals surface area contributed by atoms with Crippen molar-refractivity contribution in [2.75, 3.05) is 38.1 Å². The molecule has 1 aliphatic heterocycles. The van der Waals surface area contributed by atoms with Crippen LogP contribution in [0.5, 0.6) is 0 Å². The summed E-state index contributed by atoms with van der Waals surface area (Å²) >= 11 is 0. The van der Waals surface area contributed by atoms with E-state index in [1.165, 1.54) is 5.69 Å². The third kappa shape index (κ3) is 3.05. The number of rotatable bonds is 2. The fourth-order valence-corrected chi connectivity index (χ4v) is 2.55. The van der Waals surface area contributed by atoms with Crippen LogP contribution in [-0.2, 0) is 0 Å². The summed E-state index contributed by atoms with van der Waals surface area (Å²) in [6.07, 6.45) is 1.89. The number of aromatic nitrogens is 2. The first-order chi connectivity index (χ1) is 10.1. The third-order valence-corrected chi connectivity index (χ3v) is 4.22. The van der Waals surface area contributed by atoms with E-state index in [-0.39, 0.29) is 0 Å². The fraction of sp³-hybridized carbons (Fsp3) is 0.412. The Bertz CT molecular complexity index is 613. The van der Waals surface area contributed by atoms with E-state index in [2.05, 4.69) is 51.1 Å². The molecule has 1 aromatic heterocycles. The molecule has 2 aromatic rings. The molecule has 0 atom stereocenters. The Labute approximate surface area is 126 Å². The lowest BCUT2D eigenvalue weighted by atomic mass is 10.1. The lowest BCUT2D eigenvalue weighted by Crippen LogP contribution is -2.44. The summed E-state index contributed by atoms with van der Waals surface area (Å²) in [5, 5.41) is 0. The van der Waals surface area contributed by atoms with Crippen LogP contribution in [0.2, 0.25) is 0 Å². The van der Waals surface area contributed by atoms with Crippen molar-refractivity contribution < 1.29 is 0 Å². The van der Waals surface area contributed by atoms with Gasteiger partial charge in [-0.25, -0.2) is 9.97 Å². The number of nitrogens with zero attached hydrogens (tertiary/aromatic N) is 4. The molecule has 0 aliphatic carbocycles. The van der Waals surface area contributed by atoms with Crippen LogP contribution in [0.1, 0.15) is 11.3 Å². The molecule has 0 radical (unpaired) electrons. The van der Waals surface area contributed by atoms with Crippen LogP contribution < -0.4 is 4.90 Å². The van der Waals surface area contributed by atoms with Gasteiger partial charge >= 0.3 is 0 Å². The number of piperazine rings is 1. The Hall–Kier alpha value is -1.94. The van der Waals surface area contributed by atoms with E-state index in [4.69, 9.17) is 0 Å². The molecule has 1 aliphatic rings. The Balaban J connectivity index is 1.79. The molecule has 1 saturated heterocycles. The Kier molecular flexibility index (Phi) is 3.88. The van der Waals surface area contributed by atoms with Crippen LogP contribution >= 0.6 is 0 Å². The Morgan fingerprint density at radius 2 is 1.62 bits per heavy atom. The normalized spacial score (nSPS) is 16.2. The van der Waals surface area contributed by atoms with E-state index in [0.29, 0.717) is 0 Å². The molecule has 0 amide bonds. The molecule has 0 saturated carbocycles. The van der Waals surface area contributed by atoms with Gasteiger partial charge in [0.05, 0.1) is 0 Å². The van der Waals surface area contributed by atoms with Gasteiger partial charge in [-0.2, -0.15) is 0 Å². The molecule has 4 nitrogen and oxygen atoms in total. The highest BCUT2D eigenvalue weighted by atomic mass is 15.2.